The first kappa shape index (κ1) is 12.3. The molecule has 3 rings (SSSR count). The van der Waals surface area contributed by atoms with Crippen LogP contribution in [0.25, 0.3) is 11.1 Å². The molecule has 6 heteroatoms. The van der Waals surface area contributed by atoms with Gasteiger partial charge in [0.15, 0.2) is 5.58 Å². The van der Waals surface area contributed by atoms with Gasteiger partial charge in [0.1, 0.15) is 0 Å². The van der Waals surface area contributed by atoms with Crippen molar-refractivity contribution in [2.75, 3.05) is 31.6 Å². The molecule has 2 heterocycles. The highest BCUT2D eigenvalue weighted by Crippen LogP contribution is 2.16. The fourth-order valence-corrected chi connectivity index (χ4v) is 2.26. The Morgan fingerprint density at radius 3 is 3.21 bits per heavy atom. The number of rotatable bonds is 4. The quantitative estimate of drug-likeness (QED) is 0.764. The van der Waals surface area contributed by atoms with E-state index in [4.69, 9.17) is 9.15 Å². The van der Waals surface area contributed by atoms with E-state index in [2.05, 4.69) is 15.6 Å². The Bertz CT molecular complexity index is 598. The van der Waals surface area contributed by atoms with Crippen LogP contribution >= 0.6 is 0 Å². The molecule has 6 nitrogen and oxygen atoms in total. The highest BCUT2D eigenvalue weighted by atomic mass is 16.5. The molecule has 1 fully saturated rings. The van der Waals surface area contributed by atoms with E-state index in [1.165, 1.54) is 0 Å². The summed E-state index contributed by atoms with van der Waals surface area (Å²) in [6, 6.07) is 5.99. The minimum absolute atomic E-state index is 0.415. The highest BCUT2D eigenvalue weighted by molar-refractivity contribution is 5.76. The lowest BCUT2D eigenvalue weighted by molar-refractivity contribution is 0.0753. The number of morpholine rings is 1. The maximum atomic E-state index is 11.1. The van der Waals surface area contributed by atoms with Crippen LogP contribution in [0.1, 0.15) is 6.42 Å². The molecule has 0 bridgehead atoms. The number of H-pyrrole nitrogens is 1. The molecule has 102 valence electrons. The highest BCUT2D eigenvalue weighted by Gasteiger charge is 2.12. The minimum atomic E-state index is -0.421. The topological polar surface area (TPSA) is 79.3 Å². The summed E-state index contributed by atoms with van der Waals surface area (Å²) in [7, 11) is 0. The number of nitrogens with one attached hydrogen (secondary N) is 3. The molecule has 1 aromatic heterocycles. The average Bonchev–Trinajstić information content (AvgIpc) is 2.79. The second-order valence-corrected chi connectivity index (χ2v) is 4.67. The maximum Gasteiger partial charge on any atom is 0.417 e. The van der Waals surface area contributed by atoms with Crippen molar-refractivity contribution in [3.63, 3.8) is 0 Å². The number of benzene rings is 1. The van der Waals surface area contributed by atoms with Crippen LogP contribution in [0.3, 0.4) is 0 Å². The van der Waals surface area contributed by atoms with Gasteiger partial charge in [0.25, 0.3) is 0 Å². The van der Waals surface area contributed by atoms with Crippen molar-refractivity contribution in [2.24, 2.45) is 0 Å². The van der Waals surface area contributed by atoms with E-state index in [1.54, 1.807) is 6.07 Å². The van der Waals surface area contributed by atoms with Crippen LogP contribution in [0.15, 0.2) is 27.4 Å². The first-order valence-electron chi connectivity index (χ1n) is 6.49. The molecule has 1 aliphatic rings. The first-order chi connectivity index (χ1) is 9.31. The first-order valence-corrected chi connectivity index (χ1v) is 6.49. The van der Waals surface area contributed by atoms with Gasteiger partial charge in [-0.2, -0.15) is 0 Å². The van der Waals surface area contributed by atoms with Crippen LogP contribution in [-0.4, -0.2) is 37.3 Å². The molecule has 0 saturated carbocycles. The molecule has 1 aliphatic heterocycles. The fourth-order valence-electron chi connectivity index (χ4n) is 2.26. The molecular formula is C13H17N3O3. The maximum absolute atomic E-state index is 11.1. The Hall–Kier alpha value is -1.79. The van der Waals surface area contributed by atoms with Crippen molar-refractivity contribution in [3.8, 4) is 0 Å². The smallest absolute Gasteiger partial charge is 0.408 e. The van der Waals surface area contributed by atoms with Crippen molar-refractivity contribution in [2.45, 2.75) is 12.5 Å². The summed E-state index contributed by atoms with van der Waals surface area (Å²) < 4.78 is 10.4. The monoisotopic (exact) mass is 263 g/mol. The lowest BCUT2D eigenvalue weighted by Gasteiger charge is -2.23. The average molecular weight is 263 g/mol. The van der Waals surface area contributed by atoms with Crippen LogP contribution < -0.4 is 16.4 Å². The third-order valence-corrected chi connectivity index (χ3v) is 3.24. The molecule has 2 aromatic rings. The second kappa shape index (κ2) is 5.46. The fraction of sp³-hybridized carbons (Fsp3) is 0.462. The SMILES string of the molecule is O=c1[nH]c2cc(NCCC3COCCN3)ccc2o1. The molecule has 19 heavy (non-hydrogen) atoms. The predicted octanol–water partition coefficient (Wildman–Crippen LogP) is 0.911. The molecule has 0 amide bonds. The Balaban J connectivity index is 1.57. The van der Waals surface area contributed by atoms with E-state index in [9.17, 15) is 4.79 Å². The van der Waals surface area contributed by atoms with Gasteiger partial charge < -0.3 is 19.8 Å². The standard InChI is InChI=1S/C13H17N3O3/c17-13-16-11-7-9(1-2-12(11)19-13)14-4-3-10-8-18-6-5-15-10/h1-2,7,10,14-15H,3-6,8H2,(H,16,17). The van der Waals surface area contributed by atoms with Crippen LogP contribution in [0.5, 0.6) is 0 Å². The zero-order chi connectivity index (χ0) is 13.1. The zero-order valence-electron chi connectivity index (χ0n) is 10.6. The Morgan fingerprint density at radius 1 is 1.42 bits per heavy atom. The van der Waals surface area contributed by atoms with Gasteiger partial charge in [-0.15, -0.1) is 0 Å². The third-order valence-electron chi connectivity index (χ3n) is 3.24. The molecule has 3 N–H and O–H groups in total. The van der Waals surface area contributed by atoms with Gasteiger partial charge >= 0.3 is 5.76 Å². The van der Waals surface area contributed by atoms with E-state index >= 15 is 0 Å². The summed E-state index contributed by atoms with van der Waals surface area (Å²) in [5.74, 6) is -0.421. The van der Waals surface area contributed by atoms with Crippen molar-refractivity contribution < 1.29 is 9.15 Å². The number of anilines is 1. The largest absolute Gasteiger partial charge is 0.417 e. The van der Waals surface area contributed by atoms with Gasteiger partial charge in [0.2, 0.25) is 0 Å². The molecule has 1 saturated heterocycles. The lowest BCUT2D eigenvalue weighted by Crippen LogP contribution is -2.42. The molecular weight excluding hydrogens is 246 g/mol. The van der Waals surface area contributed by atoms with E-state index in [0.29, 0.717) is 17.1 Å². The number of aromatic amines is 1. The number of hydrogen-bond acceptors (Lipinski definition) is 5. The molecule has 0 aliphatic carbocycles. The Kier molecular flexibility index (Phi) is 3.52. The predicted molar refractivity (Wildman–Crippen MR) is 72.6 cm³/mol. The van der Waals surface area contributed by atoms with Crippen LogP contribution in [0, 0.1) is 0 Å². The van der Waals surface area contributed by atoms with Gasteiger partial charge in [-0.3, -0.25) is 4.98 Å². The molecule has 1 aromatic carbocycles. The molecule has 1 unspecified atom stereocenters. The summed E-state index contributed by atoms with van der Waals surface area (Å²) in [6.07, 6.45) is 1.000. The summed E-state index contributed by atoms with van der Waals surface area (Å²) in [5.41, 5.74) is 2.27. The van der Waals surface area contributed by atoms with E-state index in [0.717, 1.165) is 38.4 Å². The van der Waals surface area contributed by atoms with Crippen molar-refractivity contribution in [1.82, 2.24) is 10.3 Å². The number of oxazole rings is 1. The van der Waals surface area contributed by atoms with Crippen LogP contribution in [0.4, 0.5) is 5.69 Å². The van der Waals surface area contributed by atoms with Gasteiger partial charge in [-0.25, -0.2) is 4.79 Å². The van der Waals surface area contributed by atoms with Crippen molar-refractivity contribution >= 4 is 16.8 Å². The number of fused-ring (bicyclic) bond motifs is 1. The van der Waals surface area contributed by atoms with E-state index < -0.39 is 5.76 Å². The molecule has 1 atom stereocenters. The van der Waals surface area contributed by atoms with Gasteiger partial charge in [-0.1, -0.05) is 0 Å². The van der Waals surface area contributed by atoms with E-state index in [1.807, 2.05) is 12.1 Å². The Labute approximate surface area is 110 Å². The zero-order valence-corrected chi connectivity index (χ0v) is 10.6. The number of hydrogen-bond donors (Lipinski definition) is 3. The number of ether oxygens (including phenoxy) is 1. The lowest BCUT2D eigenvalue weighted by atomic mass is 10.2. The Morgan fingerprint density at radius 2 is 2.37 bits per heavy atom. The van der Waals surface area contributed by atoms with Crippen molar-refractivity contribution in [1.29, 1.82) is 0 Å². The normalized spacial score (nSPS) is 19.7. The van der Waals surface area contributed by atoms with Crippen LogP contribution in [-0.2, 0) is 4.74 Å². The van der Waals surface area contributed by atoms with Crippen molar-refractivity contribution in [3.05, 3.63) is 28.7 Å². The summed E-state index contributed by atoms with van der Waals surface area (Å²) in [6.45, 7) is 3.35. The van der Waals surface area contributed by atoms with Gasteiger partial charge in [0.05, 0.1) is 18.7 Å². The molecule has 0 spiro atoms. The van der Waals surface area contributed by atoms with Crippen LogP contribution in [0.2, 0.25) is 0 Å². The number of aromatic nitrogens is 1. The summed E-state index contributed by atoms with van der Waals surface area (Å²) in [5, 5.41) is 6.74. The van der Waals surface area contributed by atoms with E-state index in [-0.39, 0.29) is 0 Å². The van der Waals surface area contributed by atoms with Gasteiger partial charge in [0, 0.05) is 24.8 Å². The third kappa shape index (κ3) is 2.97. The second-order valence-electron chi connectivity index (χ2n) is 4.67. The van der Waals surface area contributed by atoms with Gasteiger partial charge in [-0.05, 0) is 24.6 Å². The summed E-state index contributed by atoms with van der Waals surface area (Å²) in [4.78, 5) is 13.7. The molecule has 0 radical (unpaired) electrons. The summed E-state index contributed by atoms with van der Waals surface area (Å²) >= 11 is 0. The minimum Gasteiger partial charge on any atom is -0.408 e.